The summed E-state index contributed by atoms with van der Waals surface area (Å²) in [5, 5.41) is 11.2. The minimum atomic E-state index is -0.447. The van der Waals surface area contributed by atoms with Gasteiger partial charge in [-0.15, -0.1) is 11.3 Å². The van der Waals surface area contributed by atoms with Crippen molar-refractivity contribution in [2.24, 2.45) is 5.16 Å². The summed E-state index contributed by atoms with van der Waals surface area (Å²) in [5.41, 5.74) is 1.73. The zero-order chi connectivity index (χ0) is 18.5. The van der Waals surface area contributed by atoms with E-state index in [1.54, 1.807) is 18.3 Å². The maximum absolute atomic E-state index is 12.2. The molecule has 0 saturated heterocycles. The molecular weight excluding hydrogens is 360 g/mol. The summed E-state index contributed by atoms with van der Waals surface area (Å²) in [6.07, 6.45) is 0. The molecule has 0 aromatic carbocycles. The Morgan fingerprint density at radius 3 is 2.88 bits per heavy atom. The molecule has 3 heterocycles. The second kappa shape index (κ2) is 7.95. The fraction of sp³-hybridized carbons (Fsp3) is 0.400. The highest BCUT2D eigenvalue weighted by molar-refractivity contribution is 7.10. The Labute approximate surface area is 153 Å². The number of carbonyl (C=O) groups is 1. The van der Waals surface area contributed by atoms with E-state index in [2.05, 4.69) is 30.7 Å². The second-order valence-electron chi connectivity index (χ2n) is 5.26. The molecule has 2 amide bonds. The summed E-state index contributed by atoms with van der Waals surface area (Å²) in [4.78, 5) is 30.3. The van der Waals surface area contributed by atoms with Gasteiger partial charge in [0.15, 0.2) is 6.61 Å². The van der Waals surface area contributed by atoms with Crippen molar-refractivity contribution in [2.45, 2.75) is 20.4 Å². The standard InChI is InChI=1S/C15H18N6O4S/c1-8-10(11(7-26-8)12-21-25-5-4-24-12)6-16-14(22)19-13-17-9(2)18-15(20-13)23-3/h7H,4-6H2,1-3H3,(H2,16,17,18,19,20,22). The number of aryl methyl sites for hydroxylation is 2. The van der Waals surface area contributed by atoms with Crippen LogP contribution < -0.4 is 15.4 Å². The number of ether oxygens (including phenoxy) is 2. The zero-order valence-corrected chi connectivity index (χ0v) is 15.3. The van der Waals surface area contributed by atoms with Crippen LogP contribution in [0.2, 0.25) is 0 Å². The van der Waals surface area contributed by atoms with Crippen LogP contribution in [0.5, 0.6) is 6.01 Å². The normalized spacial score (nSPS) is 13.3. The molecule has 2 aromatic heterocycles. The molecule has 3 rings (SSSR count). The van der Waals surface area contributed by atoms with Gasteiger partial charge in [-0.3, -0.25) is 5.32 Å². The molecule has 0 fully saturated rings. The maximum atomic E-state index is 12.2. The van der Waals surface area contributed by atoms with Crippen LogP contribution in [-0.4, -0.2) is 47.2 Å². The van der Waals surface area contributed by atoms with Gasteiger partial charge in [-0.25, -0.2) is 4.79 Å². The summed E-state index contributed by atoms with van der Waals surface area (Å²) in [6.45, 7) is 4.81. The Balaban J connectivity index is 1.66. The molecule has 0 bridgehead atoms. The highest BCUT2D eigenvalue weighted by Crippen LogP contribution is 2.24. The number of methoxy groups -OCH3 is 1. The van der Waals surface area contributed by atoms with Gasteiger partial charge in [0, 0.05) is 16.8 Å². The Hall–Kier alpha value is -2.95. The largest absolute Gasteiger partial charge is 0.471 e. The van der Waals surface area contributed by atoms with E-state index in [1.807, 2.05) is 12.3 Å². The number of hydrogen-bond donors (Lipinski definition) is 2. The van der Waals surface area contributed by atoms with E-state index in [0.717, 1.165) is 16.0 Å². The first-order valence-corrected chi connectivity index (χ1v) is 8.66. The third-order valence-electron chi connectivity index (χ3n) is 3.46. The SMILES string of the molecule is COc1nc(C)nc(NC(=O)NCc2c(C3=NOCCO3)csc2C)n1. The molecule has 2 N–H and O–H groups in total. The van der Waals surface area contributed by atoms with Gasteiger partial charge in [0.1, 0.15) is 12.4 Å². The highest BCUT2D eigenvalue weighted by Gasteiger charge is 2.19. The first-order valence-electron chi connectivity index (χ1n) is 7.78. The number of rotatable bonds is 5. The first-order chi connectivity index (χ1) is 12.6. The number of thiophene rings is 1. The molecule has 10 nitrogen and oxygen atoms in total. The third-order valence-corrected chi connectivity index (χ3v) is 4.41. The fourth-order valence-electron chi connectivity index (χ4n) is 2.23. The number of amides is 2. The minimum Gasteiger partial charge on any atom is -0.471 e. The van der Waals surface area contributed by atoms with Crippen LogP contribution in [0.25, 0.3) is 0 Å². The van der Waals surface area contributed by atoms with E-state index in [4.69, 9.17) is 14.3 Å². The molecule has 0 spiro atoms. The molecule has 0 saturated carbocycles. The Bertz CT molecular complexity index is 838. The quantitative estimate of drug-likeness (QED) is 0.810. The van der Waals surface area contributed by atoms with Gasteiger partial charge in [0.05, 0.1) is 12.7 Å². The number of oxime groups is 1. The van der Waals surface area contributed by atoms with Crippen LogP contribution in [0.3, 0.4) is 0 Å². The molecular formula is C15H18N6O4S. The van der Waals surface area contributed by atoms with Crippen LogP contribution in [0, 0.1) is 13.8 Å². The van der Waals surface area contributed by atoms with Crippen molar-refractivity contribution in [3.05, 3.63) is 27.2 Å². The third kappa shape index (κ3) is 4.17. The van der Waals surface area contributed by atoms with Crippen LogP contribution in [0.1, 0.15) is 21.8 Å². The van der Waals surface area contributed by atoms with E-state index in [-0.39, 0.29) is 12.0 Å². The number of carbonyl (C=O) groups excluding carboxylic acids is 1. The highest BCUT2D eigenvalue weighted by atomic mass is 32.1. The van der Waals surface area contributed by atoms with E-state index in [0.29, 0.717) is 31.5 Å². The average Bonchev–Trinajstić information content (AvgIpc) is 3.00. The molecule has 0 aliphatic carbocycles. The van der Waals surface area contributed by atoms with Crippen molar-refractivity contribution in [2.75, 3.05) is 25.6 Å². The number of urea groups is 1. The summed E-state index contributed by atoms with van der Waals surface area (Å²) < 4.78 is 10.5. The predicted molar refractivity (Wildman–Crippen MR) is 94.5 cm³/mol. The van der Waals surface area contributed by atoms with Crippen molar-refractivity contribution in [3.8, 4) is 6.01 Å². The molecule has 11 heteroatoms. The smallest absolute Gasteiger partial charge is 0.321 e. The van der Waals surface area contributed by atoms with E-state index in [1.165, 1.54) is 7.11 Å². The lowest BCUT2D eigenvalue weighted by molar-refractivity contribution is 0.0655. The number of anilines is 1. The monoisotopic (exact) mass is 378 g/mol. The fourth-order valence-corrected chi connectivity index (χ4v) is 3.09. The summed E-state index contributed by atoms with van der Waals surface area (Å²) >= 11 is 1.55. The van der Waals surface area contributed by atoms with Gasteiger partial charge in [-0.2, -0.15) is 15.0 Å². The average molecular weight is 378 g/mol. The molecule has 26 heavy (non-hydrogen) atoms. The van der Waals surface area contributed by atoms with Crippen LogP contribution >= 0.6 is 11.3 Å². The van der Waals surface area contributed by atoms with Gasteiger partial charge in [-0.1, -0.05) is 0 Å². The van der Waals surface area contributed by atoms with Crippen molar-refractivity contribution in [1.82, 2.24) is 20.3 Å². The molecule has 0 unspecified atom stereocenters. The molecule has 0 atom stereocenters. The number of nitrogens with one attached hydrogen (secondary N) is 2. The Kier molecular flexibility index (Phi) is 5.46. The first kappa shape index (κ1) is 17.9. The van der Waals surface area contributed by atoms with Crippen molar-refractivity contribution in [3.63, 3.8) is 0 Å². The van der Waals surface area contributed by atoms with Crippen LogP contribution in [-0.2, 0) is 16.1 Å². The maximum Gasteiger partial charge on any atom is 0.321 e. The number of nitrogens with zero attached hydrogens (tertiary/aromatic N) is 4. The molecule has 138 valence electrons. The lowest BCUT2D eigenvalue weighted by Crippen LogP contribution is -2.30. The Morgan fingerprint density at radius 1 is 1.31 bits per heavy atom. The topological polar surface area (TPSA) is 120 Å². The lowest BCUT2D eigenvalue weighted by Gasteiger charge is -2.14. The number of hydrogen-bond acceptors (Lipinski definition) is 9. The molecule has 1 aliphatic heterocycles. The van der Waals surface area contributed by atoms with Gasteiger partial charge in [0.25, 0.3) is 5.90 Å². The predicted octanol–water partition coefficient (Wildman–Crippen LogP) is 1.59. The van der Waals surface area contributed by atoms with Gasteiger partial charge >= 0.3 is 12.0 Å². The summed E-state index contributed by atoms with van der Waals surface area (Å²) in [6, 6.07) is -0.312. The molecule has 0 radical (unpaired) electrons. The van der Waals surface area contributed by atoms with Gasteiger partial charge in [-0.05, 0) is 24.6 Å². The van der Waals surface area contributed by atoms with Crippen molar-refractivity contribution >= 4 is 29.2 Å². The van der Waals surface area contributed by atoms with Crippen LogP contribution in [0.15, 0.2) is 10.5 Å². The van der Waals surface area contributed by atoms with Crippen molar-refractivity contribution in [1.29, 1.82) is 0 Å². The van der Waals surface area contributed by atoms with E-state index < -0.39 is 6.03 Å². The second-order valence-corrected chi connectivity index (χ2v) is 6.35. The zero-order valence-electron chi connectivity index (χ0n) is 14.5. The van der Waals surface area contributed by atoms with E-state index >= 15 is 0 Å². The molecule has 1 aliphatic rings. The van der Waals surface area contributed by atoms with Gasteiger partial charge in [0.2, 0.25) is 5.95 Å². The number of aromatic nitrogens is 3. The van der Waals surface area contributed by atoms with E-state index in [9.17, 15) is 4.79 Å². The lowest BCUT2D eigenvalue weighted by atomic mass is 10.1. The van der Waals surface area contributed by atoms with Gasteiger partial charge < -0.3 is 19.6 Å². The minimum absolute atomic E-state index is 0.113. The van der Waals surface area contributed by atoms with Crippen molar-refractivity contribution < 1.29 is 19.1 Å². The summed E-state index contributed by atoms with van der Waals surface area (Å²) in [7, 11) is 1.44. The summed E-state index contributed by atoms with van der Waals surface area (Å²) in [5.74, 6) is 0.980. The molecule has 2 aromatic rings. The Morgan fingerprint density at radius 2 is 2.15 bits per heavy atom. The van der Waals surface area contributed by atoms with Crippen LogP contribution in [0.4, 0.5) is 10.7 Å².